The van der Waals surface area contributed by atoms with Crippen molar-refractivity contribution in [2.24, 2.45) is 0 Å². The lowest BCUT2D eigenvalue weighted by molar-refractivity contribution is 0.569. The van der Waals surface area contributed by atoms with Crippen LogP contribution in [0.5, 0.6) is 0 Å². The standard InChI is InChI=1S/C39H25NO2/c41-39-35-22-27-17-15-24-14-16-25(20-31(24)32(27)23-33(35)30-11-5-7-13-38(30)42-39)26-18-19-37-34(21-26)29-10-4-6-12-36(29)40(37)28-8-2-1-3-9-28/h1-14,16,18-23H,15,17H2. The lowest BCUT2D eigenvalue weighted by atomic mass is 9.82. The SMILES string of the molecule is O=c1oc2ccccc2c2cc3c(cc12)CCc1ccc(-c2ccc4c(c2)c2ccccc2n4-c2ccccc2)cc1-3. The number of rotatable bonds is 2. The van der Waals surface area contributed by atoms with Crippen molar-refractivity contribution in [3.63, 3.8) is 0 Å². The van der Waals surface area contributed by atoms with E-state index in [1.807, 2.05) is 24.3 Å². The first kappa shape index (κ1) is 23.3. The van der Waals surface area contributed by atoms with E-state index in [2.05, 4.69) is 108 Å². The molecule has 0 atom stereocenters. The molecule has 6 aromatic carbocycles. The van der Waals surface area contributed by atoms with Crippen LogP contribution in [0.25, 0.3) is 71.5 Å². The first-order valence-electron chi connectivity index (χ1n) is 14.4. The predicted octanol–water partition coefficient (Wildman–Crippen LogP) is 9.48. The second kappa shape index (κ2) is 8.79. The quantitative estimate of drug-likeness (QED) is 0.162. The molecule has 3 nitrogen and oxygen atoms in total. The Bertz CT molecular complexity index is 2430. The van der Waals surface area contributed by atoms with E-state index < -0.39 is 0 Å². The van der Waals surface area contributed by atoms with E-state index in [1.54, 1.807) is 0 Å². The van der Waals surface area contributed by atoms with Crippen LogP contribution in [-0.2, 0) is 12.8 Å². The van der Waals surface area contributed by atoms with E-state index in [4.69, 9.17) is 4.42 Å². The summed E-state index contributed by atoms with van der Waals surface area (Å²) < 4.78 is 8.00. The van der Waals surface area contributed by atoms with Gasteiger partial charge in [0.25, 0.3) is 0 Å². The zero-order chi connectivity index (χ0) is 27.8. The van der Waals surface area contributed by atoms with Crippen LogP contribution in [0.1, 0.15) is 11.1 Å². The third-order valence-electron chi connectivity index (χ3n) is 8.93. The van der Waals surface area contributed by atoms with Crippen molar-refractivity contribution in [3.05, 3.63) is 149 Å². The molecule has 0 aliphatic heterocycles. The van der Waals surface area contributed by atoms with Crippen molar-refractivity contribution < 1.29 is 4.42 Å². The number of hydrogen-bond acceptors (Lipinski definition) is 2. The molecule has 9 rings (SSSR count). The Morgan fingerprint density at radius 2 is 1.19 bits per heavy atom. The molecule has 0 spiro atoms. The maximum atomic E-state index is 12.9. The monoisotopic (exact) mass is 539 g/mol. The Kier molecular flexibility index (Phi) is 4.88. The van der Waals surface area contributed by atoms with Gasteiger partial charge in [0.05, 0.1) is 16.4 Å². The molecule has 0 amide bonds. The minimum absolute atomic E-state index is 0.269. The fourth-order valence-electron chi connectivity index (χ4n) is 6.93. The van der Waals surface area contributed by atoms with Gasteiger partial charge >= 0.3 is 5.63 Å². The van der Waals surface area contributed by atoms with Gasteiger partial charge in [-0.05, 0) is 101 Å². The number of para-hydroxylation sites is 3. The summed E-state index contributed by atoms with van der Waals surface area (Å²) in [7, 11) is 0. The summed E-state index contributed by atoms with van der Waals surface area (Å²) in [6.45, 7) is 0. The number of nitrogens with zero attached hydrogens (tertiary/aromatic N) is 1. The third-order valence-corrected chi connectivity index (χ3v) is 8.93. The molecule has 1 aliphatic carbocycles. The Balaban J connectivity index is 1.24. The van der Waals surface area contributed by atoms with Gasteiger partial charge in [0.2, 0.25) is 0 Å². The summed E-state index contributed by atoms with van der Waals surface area (Å²) in [5.74, 6) is 0. The molecule has 2 heterocycles. The van der Waals surface area contributed by atoms with E-state index in [0.717, 1.165) is 29.3 Å². The van der Waals surface area contributed by atoms with Crippen molar-refractivity contribution in [2.75, 3.05) is 0 Å². The van der Waals surface area contributed by atoms with Crippen molar-refractivity contribution in [2.45, 2.75) is 12.8 Å². The fraction of sp³-hybridized carbons (Fsp3) is 0.0513. The van der Waals surface area contributed by atoms with Crippen molar-refractivity contribution >= 4 is 43.5 Å². The molecule has 0 radical (unpaired) electrons. The molecule has 0 saturated carbocycles. The van der Waals surface area contributed by atoms with Crippen molar-refractivity contribution in [1.29, 1.82) is 0 Å². The zero-order valence-corrected chi connectivity index (χ0v) is 22.8. The van der Waals surface area contributed by atoms with Crippen LogP contribution in [-0.4, -0.2) is 4.57 Å². The number of benzene rings is 6. The second-order valence-electron chi connectivity index (χ2n) is 11.2. The Morgan fingerprint density at radius 3 is 2.10 bits per heavy atom. The van der Waals surface area contributed by atoms with Gasteiger partial charge in [-0.3, -0.25) is 0 Å². The van der Waals surface area contributed by atoms with Crippen LogP contribution in [0.15, 0.2) is 137 Å². The number of aryl methyl sites for hydroxylation is 2. The first-order chi connectivity index (χ1) is 20.7. The highest BCUT2D eigenvalue weighted by Crippen LogP contribution is 2.40. The van der Waals surface area contributed by atoms with Crippen molar-refractivity contribution in [3.8, 4) is 27.9 Å². The zero-order valence-electron chi connectivity index (χ0n) is 22.8. The minimum atomic E-state index is -0.269. The predicted molar refractivity (Wildman–Crippen MR) is 173 cm³/mol. The maximum absolute atomic E-state index is 12.9. The molecule has 0 N–H and O–H groups in total. The Hall–Kier alpha value is -5.41. The van der Waals surface area contributed by atoms with Crippen LogP contribution in [0.4, 0.5) is 0 Å². The average molecular weight is 540 g/mol. The molecule has 8 aromatic rings. The highest BCUT2D eigenvalue weighted by molar-refractivity contribution is 6.11. The summed E-state index contributed by atoms with van der Waals surface area (Å²) in [5.41, 5.74) is 11.3. The number of fused-ring (bicyclic) bond motifs is 9. The summed E-state index contributed by atoms with van der Waals surface area (Å²) in [6.07, 6.45) is 1.87. The summed E-state index contributed by atoms with van der Waals surface area (Å²) >= 11 is 0. The third kappa shape index (κ3) is 3.37. The minimum Gasteiger partial charge on any atom is -0.422 e. The van der Waals surface area contributed by atoms with Crippen LogP contribution >= 0.6 is 0 Å². The topological polar surface area (TPSA) is 35.1 Å². The summed E-state index contributed by atoms with van der Waals surface area (Å²) in [4.78, 5) is 12.9. The van der Waals surface area contributed by atoms with Gasteiger partial charge in [-0.1, -0.05) is 72.8 Å². The van der Waals surface area contributed by atoms with E-state index in [0.29, 0.717) is 11.0 Å². The summed E-state index contributed by atoms with van der Waals surface area (Å²) in [5, 5.41) is 5.08. The van der Waals surface area contributed by atoms with Crippen LogP contribution in [0.3, 0.4) is 0 Å². The smallest absolute Gasteiger partial charge is 0.344 e. The highest BCUT2D eigenvalue weighted by Gasteiger charge is 2.20. The van der Waals surface area contributed by atoms with Gasteiger partial charge in [-0.15, -0.1) is 0 Å². The van der Waals surface area contributed by atoms with Gasteiger partial charge in [0, 0.05) is 27.2 Å². The molecule has 0 bridgehead atoms. The number of hydrogen-bond donors (Lipinski definition) is 0. The molecule has 1 aliphatic rings. The molecule has 198 valence electrons. The van der Waals surface area contributed by atoms with Gasteiger partial charge < -0.3 is 8.98 Å². The fourth-order valence-corrected chi connectivity index (χ4v) is 6.93. The Labute approximate surface area is 241 Å². The molecule has 0 saturated heterocycles. The van der Waals surface area contributed by atoms with E-state index >= 15 is 0 Å². The van der Waals surface area contributed by atoms with Crippen molar-refractivity contribution in [1.82, 2.24) is 4.57 Å². The van der Waals surface area contributed by atoms with E-state index in [9.17, 15) is 4.79 Å². The molecule has 42 heavy (non-hydrogen) atoms. The molecule has 0 fully saturated rings. The van der Waals surface area contributed by atoms with Gasteiger partial charge in [-0.25, -0.2) is 4.79 Å². The lowest BCUT2D eigenvalue weighted by Crippen LogP contribution is -2.07. The Morgan fingerprint density at radius 1 is 0.500 bits per heavy atom. The van der Waals surface area contributed by atoms with E-state index in [-0.39, 0.29) is 5.63 Å². The van der Waals surface area contributed by atoms with Gasteiger partial charge in [0.15, 0.2) is 0 Å². The normalized spacial score (nSPS) is 12.7. The van der Waals surface area contributed by atoms with Crippen LogP contribution in [0, 0.1) is 0 Å². The molecular weight excluding hydrogens is 514 g/mol. The number of aromatic nitrogens is 1. The average Bonchev–Trinajstić information content (AvgIpc) is 3.38. The van der Waals surface area contributed by atoms with Gasteiger partial charge in [0.1, 0.15) is 5.58 Å². The van der Waals surface area contributed by atoms with E-state index in [1.165, 1.54) is 55.2 Å². The largest absolute Gasteiger partial charge is 0.422 e. The molecule has 2 aromatic heterocycles. The van der Waals surface area contributed by atoms with Gasteiger partial charge in [-0.2, -0.15) is 0 Å². The molecular formula is C39H25NO2. The molecule has 3 heteroatoms. The molecule has 0 unspecified atom stereocenters. The summed E-state index contributed by atoms with van der Waals surface area (Å²) in [6, 6.07) is 45.0. The van der Waals surface area contributed by atoms with Crippen LogP contribution in [0.2, 0.25) is 0 Å². The maximum Gasteiger partial charge on any atom is 0.344 e. The highest BCUT2D eigenvalue weighted by atomic mass is 16.4. The van der Waals surface area contributed by atoms with Crippen LogP contribution < -0.4 is 5.63 Å². The lowest BCUT2D eigenvalue weighted by Gasteiger charge is -2.22. The first-order valence-corrected chi connectivity index (χ1v) is 14.4. The second-order valence-corrected chi connectivity index (χ2v) is 11.2.